The molecule has 4 rings (SSSR count). The molecule has 3 aliphatic rings. The number of thioether (sulfide) groups is 1. The Morgan fingerprint density at radius 3 is 2.56 bits per heavy atom. The number of unbranched alkanes of at least 4 members (excludes halogenated alkanes) is 1. The summed E-state index contributed by atoms with van der Waals surface area (Å²) < 4.78 is -0.615. The smallest absolute Gasteiger partial charge is 0.248 e. The van der Waals surface area contributed by atoms with Gasteiger partial charge in [-0.25, -0.2) is 0 Å². The first-order valence-electron chi connectivity index (χ1n) is 12.5. The summed E-state index contributed by atoms with van der Waals surface area (Å²) >= 11 is 1.70. The minimum absolute atomic E-state index is 0.0468. The molecule has 0 radical (unpaired) electrons. The number of anilines is 1. The molecule has 8 heteroatoms. The molecule has 0 aromatic heterocycles. The van der Waals surface area contributed by atoms with Gasteiger partial charge in [-0.3, -0.25) is 14.4 Å². The van der Waals surface area contributed by atoms with Crippen LogP contribution in [-0.4, -0.2) is 63.5 Å². The fourth-order valence-electron chi connectivity index (χ4n) is 6.32. The Labute approximate surface area is 206 Å². The molecule has 3 saturated heterocycles. The summed E-state index contributed by atoms with van der Waals surface area (Å²) in [6.07, 6.45) is 2.85. The van der Waals surface area contributed by atoms with Crippen LogP contribution in [0.15, 0.2) is 18.2 Å². The van der Waals surface area contributed by atoms with Crippen LogP contribution in [-0.2, 0) is 14.4 Å². The average Bonchev–Trinajstić information content (AvgIpc) is 3.39. The number of carbonyl (C=O) groups is 3. The third-order valence-electron chi connectivity index (χ3n) is 7.88. The number of nitrogens with zero attached hydrogens (tertiary/aromatic N) is 1. The van der Waals surface area contributed by atoms with E-state index in [0.29, 0.717) is 25.9 Å². The largest absolute Gasteiger partial charge is 0.396 e. The minimum atomic E-state index is -0.642. The summed E-state index contributed by atoms with van der Waals surface area (Å²) in [5.74, 6) is -1.07. The number of likely N-dealkylation sites (tertiary alicyclic amines) is 1. The third-order valence-corrected chi connectivity index (χ3v) is 9.96. The fraction of sp³-hybridized carbons (Fsp3) is 0.654. The van der Waals surface area contributed by atoms with E-state index < -0.39 is 22.6 Å². The number of rotatable bonds is 9. The maximum atomic E-state index is 14.0. The van der Waals surface area contributed by atoms with Gasteiger partial charge in [-0.1, -0.05) is 32.0 Å². The van der Waals surface area contributed by atoms with Crippen molar-refractivity contribution in [3.8, 4) is 0 Å². The molecule has 1 spiro atoms. The van der Waals surface area contributed by atoms with Crippen LogP contribution in [0.1, 0.15) is 50.7 Å². The van der Waals surface area contributed by atoms with Crippen molar-refractivity contribution in [2.75, 3.05) is 25.0 Å². The molecule has 3 N–H and O–H groups in total. The van der Waals surface area contributed by atoms with Crippen molar-refractivity contribution >= 4 is 35.2 Å². The van der Waals surface area contributed by atoms with Crippen LogP contribution in [0.2, 0.25) is 0 Å². The summed E-state index contributed by atoms with van der Waals surface area (Å²) in [5.41, 5.74) is 2.75. The lowest BCUT2D eigenvalue weighted by atomic mass is 9.66. The molecule has 3 heterocycles. The van der Waals surface area contributed by atoms with E-state index in [2.05, 4.69) is 17.6 Å². The van der Waals surface area contributed by atoms with Gasteiger partial charge in [0, 0.05) is 30.6 Å². The summed E-state index contributed by atoms with van der Waals surface area (Å²) in [4.78, 5) is 42.7. The molecule has 2 bridgehead atoms. The topological polar surface area (TPSA) is 98.7 Å². The number of para-hydroxylation sites is 1. The zero-order valence-electron chi connectivity index (χ0n) is 20.6. The number of hydrogen-bond acceptors (Lipinski definition) is 5. The first-order valence-corrected chi connectivity index (χ1v) is 13.4. The van der Waals surface area contributed by atoms with Gasteiger partial charge in [-0.2, -0.15) is 0 Å². The highest BCUT2D eigenvalue weighted by molar-refractivity contribution is 8.02. The van der Waals surface area contributed by atoms with Gasteiger partial charge >= 0.3 is 0 Å². The number of aliphatic hydroxyl groups excluding tert-OH is 1. The highest BCUT2D eigenvalue weighted by Crippen LogP contribution is 2.68. The number of aryl methyl sites for hydroxylation is 2. The number of aliphatic hydroxyl groups is 1. The van der Waals surface area contributed by atoms with Crippen molar-refractivity contribution in [1.29, 1.82) is 0 Å². The van der Waals surface area contributed by atoms with Gasteiger partial charge in [0.2, 0.25) is 17.7 Å². The van der Waals surface area contributed by atoms with Crippen LogP contribution in [0.4, 0.5) is 5.69 Å². The number of benzene rings is 1. The maximum absolute atomic E-state index is 14.0. The Hall–Kier alpha value is -2.06. The first-order chi connectivity index (χ1) is 16.3. The molecular formula is C26H37N3O4S. The number of fused-ring (bicyclic) bond motifs is 1. The zero-order chi connectivity index (χ0) is 24.6. The van der Waals surface area contributed by atoms with E-state index in [4.69, 9.17) is 0 Å². The van der Waals surface area contributed by atoms with E-state index >= 15 is 0 Å². The van der Waals surface area contributed by atoms with E-state index in [9.17, 15) is 19.5 Å². The molecular weight excluding hydrogens is 450 g/mol. The van der Waals surface area contributed by atoms with Gasteiger partial charge in [0.25, 0.3) is 0 Å². The lowest BCUT2D eigenvalue weighted by molar-refractivity contribution is -0.139. The number of hydrogen-bond donors (Lipinski definition) is 3. The minimum Gasteiger partial charge on any atom is -0.396 e. The van der Waals surface area contributed by atoms with Crippen LogP contribution in [0.3, 0.4) is 0 Å². The number of amides is 3. The maximum Gasteiger partial charge on any atom is 0.248 e. The second-order valence-electron chi connectivity index (χ2n) is 10.1. The van der Waals surface area contributed by atoms with Crippen molar-refractivity contribution in [3.05, 3.63) is 29.3 Å². The Morgan fingerprint density at radius 2 is 1.91 bits per heavy atom. The molecule has 3 aliphatic heterocycles. The summed E-state index contributed by atoms with van der Waals surface area (Å²) in [6.45, 7) is 9.12. The van der Waals surface area contributed by atoms with Crippen LogP contribution < -0.4 is 10.6 Å². The molecule has 0 saturated carbocycles. The van der Waals surface area contributed by atoms with Gasteiger partial charge in [-0.05, 0) is 56.6 Å². The van der Waals surface area contributed by atoms with Crippen molar-refractivity contribution in [2.45, 2.75) is 69.4 Å². The second-order valence-corrected chi connectivity index (χ2v) is 11.6. The van der Waals surface area contributed by atoms with Gasteiger partial charge in [0.1, 0.15) is 6.04 Å². The highest BCUT2D eigenvalue weighted by Gasteiger charge is 2.75. The van der Waals surface area contributed by atoms with E-state index in [1.54, 1.807) is 16.7 Å². The Kier molecular flexibility index (Phi) is 7.29. The molecule has 6 atom stereocenters. The SMILES string of the molecule is CCCNC(=O)[C@@H]1[C@@H]2CC(C)C3(S2)C(C(=O)Nc2c(C)cccc2C)N(CCCCO)C(=O)[C@H]13. The summed E-state index contributed by atoms with van der Waals surface area (Å²) in [6, 6.07) is 5.26. The molecule has 186 valence electrons. The van der Waals surface area contributed by atoms with Gasteiger partial charge in [0.05, 0.1) is 16.6 Å². The monoisotopic (exact) mass is 487 g/mol. The van der Waals surface area contributed by atoms with Crippen molar-refractivity contribution in [1.82, 2.24) is 10.2 Å². The van der Waals surface area contributed by atoms with Crippen LogP contribution in [0.25, 0.3) is 0 Å². The Morgan fingerprint density at radius 1 is 1.21 bits per heavy atom. The Bertz CT molecular complexity index is 949. The van der Waals surface area contributed by atoms with Crippen LogP contribution >= 0.6 is 11.8 Å². The quantitative estimate of drug-likeness (QED) is 0.465. The van der Waals surface area contributed by atoms with Gasteiger partial charge in [-0.15, -0.1) is 11.8 Å². The lowest BCUT2D eigenvalue weighted by Gasteiger charge is -2.38. The molecule has 0 aliphatic carbocycles. The zero-order valence-corrected chi connectivity index (χ0v) is 21.4. The molecule has 34 heavy (non-hydrogen) atoms. The predicted molar refractivity (Wildman–Crippen MR) is 135 cm³/mol. The standard InChI is InChI=1S/C26H37N3O4S/c1-5-11-27-23(31)19-18-14-17(4)26(34-18)20(19)25(33)29(12-6-7-13-30)22(26)24(32)28-21-15(2)9-8-10-16(21)3/h8-10,17-20,22,30H,5-7,11-14H2,1-4H3,(H,27,31)(H,28,32)/t17?,18-,19+,20-,22?,26?/m0/s1. The van der Waals surface area contributed by atoms with Crippen LogP contribution in [0.5, 0.6) is 0 Å². The molecule has 3 amide bonds. The first kappa shape index (κ1) is 25.0. The summed E-state index contributed by atoms with van der Waals surface area (Å²) in [7, 11) is 0. The fourth-order valence-corrected chi connectivity index (χ4v) is 8.75. The van der Waals surface area contributed by atoms with E-state index in [1.165, 1.54) is 0 Å². The number of carbonyl (C=O) groups excluding carboxylic acids is 3. The van der Waals surface area contributed by atoms with E-state index in [1.807, 2.05) is 39.0 Å². The predicted octanol–water partition coefficient (Wildman–Crippen LogP) is 2.88. The van der Waals surface area contributed by atoms with Crippen molar-refractivity contribution in [2.24, 2.45) is 17.8 Å². The van der Waals surface area contributed by atoms with Gasteiger partial charge in [0.15, 0.2) is 0 Å². The molecule has 7 nitrogen and oxygen atoms in total. The highest BCUT2D eigenvalue weighted by atomic mass is 32.2. The molecule has 1 aromatic rings. The second kappa shape index (κ2) is 9.90. The van der Waals surface area contributed by atoms with Crippen molar-refractivity contribution in [3.63, 3.8) is 0 Å². The van der Waals surface area contributed by atoms with Crippen LogP contribution in [0, 0.1) is 31.6 Å². The average molecular weight is 488 g/mol. The normalized spacial score (nSPS) is 31.6. The Balaban J connectivity index is 1.71. The number of nitrogens with one attached hydrogen (secondary N) is 2. The lowest BCUT2D eigenvalue weighted by Crippen LogP contribution is -2.55. The summed E-state index contributed by atoms with van der Waals surface area (Å²) in [5, 5.41) is 15.5. The van der Waals surface area contributed by atoms with E-state index in [-0.39, 0.29) is 35.5 Å². The molecule has 3 unspecified atom stereocenters. The van der Waals surface area contributed by atoms with Gasteiger partial charge < -0.3 is 20.6 Å². The third kappa shape index (κ3) is 3.92. The van der Waals surface area contributed by atoms with Crippen molar-refractivity contribution < 1.29 is 19.5 Å². The molecule has 3 fully saturated rings. The molecule has 1 aromatic carbocycles. The van der Waals surface area contributed by atoms with E-state index in [0.717, 1.165) is 29.7 Å².